The van der Waals surface area contributed by atoms with Crippen molar-refractivity contribution in [3.05, 3.63) is 44.4 Å². The van der Waals surface area contributed by atoms with Crippen LogP contribution in [-0.4, -0.2) is 25.0 Å². The van der Waals surface area contributed by atoms with Crippen LogP contribution in [0.3, 0.4) is 0 Å². The number of hydrogen-bond acceptors (Lipinski definition) is 5. The number of rotatable bonds is 2. The van der Waals surface area contributed by atoms with Crippen molar-refractivity contribution in [3.63, 3.8) is 0 Å². The molecule has 6 nitrogen and oxygen atoms in total. The van der Waals surface area contributed by atoms with Gasteiger partial charge in [-0.3, -0.25) is 4.79 Å². The highest BCUT2D eigenvalue weighted by molar-refractivity contribution is 6.34. The number of aromatic hydroxyl groups is 1. The molecule has 2 N–H and O–H groups in total. The molecular weight excluding hydrogens is 303 g/mol. The number of hydrogen-bond donors (Lipinski definition) is 2. The van der Waals surface area contributed by atoms with E-state index >= 15 is 0 Å². The summed E-state index contributed by atoms with van der Waals surface area (Å²) in [7, 11) is 0. The van der Waals surface area contributed by atoms with Crippen molar-refractivity contribution in [1.29, 1.82) is 0 Å². The summed E-state index contributed by atoms with van der Waals surface area (Å²) < 4.78 is 0. The number of nitrogens with zero attached hydrogens (tertiary/aromatic N) is 3. The molecule has 0 bridgehead atoms. The molecule has 2 rings (SSSR count). The monoisotopic (exact) mass is 316 g/mol. The molecule has 0 aliphatic heterocycles. The van der Waals surface area contributed by atoms with Gasteiger partial charge in [-0.1, -0.05) is 37.0 Å². The fraction of sp³-hybridized carbons (Fsp3) is 0.333. The summed E-state index contributed by atoms with van der Waals surface area (Å²) in [5.74, 6) is -0.175. The zero-order valence-corrected chi connectivity index (χ0v) is 12.5. The lowest BCUT2D eigenvalue weighted by Gasteiger charge is -1.98. The van der Waals surface area contributed by atoms with Crippen LogP contribution in [-0.2, 0) is 12.8 Å². The normalized spacial score (nSPS) is 9.80. The summed E-state index contributed by atoms with van der Waals surface area (Å²) >= 11 is 11.4. The fourth-order valence-electron chi connectivity index (χ4n) is 1.40. The quantitative estimate of drug-likeness (QED) is 0.830. The van der Waals surface area contributed by atoms with Gasteiger partial charge in [0.15, 0.2) is 0 Å². The van der Waals surface area contributed by atoms with Crippen molar-refractivity contribution in [3.8, 4) is 5.88 Å². The van der Waals surface area contributed by atoms with Crippen molar-refractivity contribution in [2.24, 2.45) is 0 Å². The van der Waals surface area contributed by atoms with Gasteiger partial charge in [-0.05, 0) is 12.8 Å². The van der Waals surface area contributed by atoms with Gasteiger partial charge < -0.3 is 10.1 Å². The van der Waals surface area contributed by atoms with E-state index in [0.717, 1.165) is 12.0 Å². The lowest BCUT2D eigenvalue weighted by Crippen LogP contribution is -2.11. The minimum Gasteiger partial charge on any atom is -0.493 e. The molecule has 0 saturated carbocycles. The Morgan fingerprint density at radius 2 is 1.65 bits per heavy atom. The molecule has 20 heavy (non-hydrogen) atoms. The van der Waals surface area contributed by atoms with Crippen LogP contribution in [0.2, 0.25) is 10.3 Å². The molecule has 0 unspecified atom stereocenters. The van der Waals surface area contributed by atoms with E-state index in [9.17, 15) is 4.79 Å². The maximum absolute atomic E-state index is 10.8. The molecule has 0 saturated heterocycles. The minimum absolute atomic E-state index is 0.175. The predicted octanol–water partition coefficient (Wildman–Crippen LogP) is 2.38. The van der Waals surface area contributed by atoms with Gasteiger partial charge in [-0.2, -0.15) is 0 Å². The summed E-state index contributed by atoms with van der Waals surface area (Å²) in [6.45, 7) is 3.74. The zero-order chi connectivity index (χ0) is 15.1. The Bertz CT molecular complexity index is 611. The molecule has 0 spiro atoms. The maximum atomic E-state index is 10.8. The third kappa shape index (κ3) is 4.18. The SMILES string of the molecule is CCc1c(Cl)ncnc1Cl.CCc1c(O)nc[nH]c1=O. The lowest BCUT2D eigenvalue weighted by atomic mass is 10.2. The van der Waals surface area contributed by atoms with E-state index in [0.29, 0.717) is 22.3 Å². The first kappa shape index (κ1) is 16.4. The summed E-state index contributed by atoms with van der Waals surface area (Å²) in [5, 5.41) is 9.85. The van der Waals surface area contributed by atoms with Gasteiger partial charge in [0.1, 0.15) is 16.6 Å². The molecule has 2 heterocycles. The number of halogens is 2. The highest BCUT2D eigenvalue weighted by atomic mass is 35.5. The van der Waals surface area contributed by atoms with Gasteiger partial charge >= 0.3 is 0 Å². The molecule has 0 radical (unpaired) electrons. The van der Waals surface area contributed by atoms with Crippen LogP contribution in [0.15, 0.2) is 17.4 Å². The molecule has 0 aliphatic rings. The predicted molar refractivity (Wildman–Crippen MR) is 77.3 cm³/mol. The molecule has 8 heteroatoms. The smallest absolute Gasteiger partial charge is 0.257 e. The molecule has 0 fully saturated rings. The molecule has 2 aromatic rings. The van der Waals surface area contributed by atoms with Gasteiger partial charge in [0.25, 0.3) is 5.56 Å². The number of aromatic amines is 1. The van der Waals surface area contributed by atoms with Crippen molar-refractivity contribution >= 4 is 23.2 Å². The Kier molecular flexibility index (Phi) is 6.41. The van der Waals surface area contributed by atoms with Crippen LogP contribution < -0.4 is 5.56 Å². The second kappa shape index (κ2) is 7.81. The van der Waals surface area contributed by atoms with E-state index in [2.05, 4.69) is 19.9 Å². The fourth-order valence-corrected chi connectivity index (χ4v) is 1.98. The number of nitrogens with one attached hydrogen (secondary N) is 1. The summed E-state index contributed by atoms with van der Waals surface area (Å²) in [5.41, 5.74) is 0.878. The Morgan fingerprint density at radius 3 is 2.00 bits per heavy atom. The summed E-state index contributed by atoms with van der Waals surface area (Å²) in [6.07, 6.45) is 3.79. The Balaban J connectivity index is 0.000000200. The van der Waals surface area contributed by atoms with E-state index in [4.69, 9.17) is 28.3 Å². The summed E-state index contributed by atoms with van der Waals surface area (Å²) in [6, 6.07) is 0. The largest absolute Gasteiger partial charge is 0.493 e. The number of H-pyrrole nitrogens is 1. The first-order valence-corrected chi connectivity index (χ1v) is 6.67. The van der Waals surface area contributed by atoms with Gasteiger partial charge in [-0.15, -0.1) is 0 Å². The summed E-state index contributed by atoms with van der Waals surface area (Å²) in [4.78, 5) is 24.3. The van der Waals surface area contributed by atoms with Crippen molar-refractivity contribution in [2.75, 3.05) is 0 Å². The first-order valence-electron chi connectivity index (χ1n) is 5.91. The average molecular weight is 317 g/mol. The molecule has 0 aromatic carbocycles. The third-order valence-corrected chi connectivity index (χ3v) is 3.13. The lowest BCUT2D eigenvalue weighted by molar-refractivity contribution is 0.443. The molecule has 108 valence electrons. The van der Waals surface area contributed by atoms with Crippen molar-refractivity contribution in [1.82, 2.24) is 19.9 Å². The van der Waals surface area contributed by atoms with Crippen LogP contribution in [0.4, 0.5) is 0 Å². The topological polar surface area (TPSA) is 91.8 Å². The molecule has 0 amide bonds. The van der Waals surface area contributed by atoms with Crippen molar-refractivity contribution in [2.45, 2.75) is 26.7 Å². The van der Waals surface area contributed by atoms with Crippen LogP contribution in [0.25, 0.3) is 0 Å². The van der Waals surface area contributed by atoms with Gasteiger partial charge in [0.05, 0.1) is 11.9 Å². The van der Waals surface area contributed by atoms with Crippen LogP contribution in [0.5, 0.6) is 5.88 Å². The second-order valence-electron chi connectivity index (χ2n) is 3.67. The Morgan fingerprint density at radius 1 is 1.10 bits per heavy atom. The van der Waals surface area contributed by atoms with Gasteiger partial charge in [0, 0.05) is 5.56 Å². The standard InChI is InChI=1S/C6H6Cl2N2.C6H8N2O2/c1-2-4-5(7)9-3-10-6(4)8;1-2-4-5(9)7-3-8-6(4)10/h3H,2H2,1H3;3H,2H2,1H3,(H2,7,8,9,10). The van der Waals surface area contributed by atoms with E-state index < -0.39 is 0 Å². The maximum Gasteiger partial charge on any atom is 0.257 e. The number of aromatic nitrogens is 4. The molecule has 0 atom stereocenters. The van der Waals surface area contributed by atoms with Gasteiger partial charge in [-0.25, -0.2) is 15.0 Å². The first-order chi connectivity index (χ1) is 9.51. The molecular formula is C12H14Cl2N4O2. The van der Waals surface area contributed by atoms with Crippen LogP contribution >= 0.6 is 23.2 Å². The van der Waals surface area contributed by atoms with E-state index in [-0.39, 0.29) is 11.4 Å². The Labute approximate surface area is 125 Å². The molecule has 2 aromatic heterocycles. The van der Waals surface area contributed by atoms with E-state index in [1.165, 1.54) is 12.7 Å². The van der Waals surface area contributed by atoms with Crippen molar-refractivity contribution < 1.29 is 5.11 Å². The van der Waals surface area contributed by atoms with Crippen LogP contribution in [0.1, 0.15) is 25.0 Å². The van der Waals surface area contributed by atoms with Gasteiger partial charge in [0.2, 0.25) is 5.88 Å². The minimum atomic E-state index is -0.269. The van der Waals surface area contributed by atoms with E-state index in [1.54, 1.807) is 6.92 Å². The van der Waals surface area contributed by atoms with E-state index in [1.807, 2.05) is 6.92 Å². The Hall–Kier alpha value is -1.66. The third-order valence-electron chi connectivity index (χ3n) is 2.47. The average Bonchev–Trinajstić information content (AvgIpc) is 2.40. The second-order valence-corrected chi connectivity index (χ2v) is 4.39. The molecule has 0 aliphatic carbocycles. The van der Waals surface area contributed by atoms with Crippen LogP contribution in [0, 0.1) is 0 Å². The highest BCUT2D eigenvalue weighted by Gasteiger charge is 2.03. The highest BCUT2D eigenvalue weighted by Crippen LogP contribution is 2.19. The zero-order valence-electron chi connectivity index (χ0n) is 11.0.